The van der Waals surface area contributed by atoms with Gasteiger partial charge in [-0.3, -0.25) is 28.8 Å². The zero-order valence-corrected chi connectivity index (χ0v) is 64.2. The molecule has 3 aliphatic rings. The number of carbonyl (C=O) groups excluding carboxylic acids is 6. The second-order valence-electron chi connectivity index (χ2n) is 26.6. The highest BCUT2D eigenvalue weighted by Crippen LogP contribution is 2.57. The van der Waals surface area contributed by atoms with Crippen molar-refractivity contribution in [2.75, 3.05) is 14.7 Å². The molecule has 0 unspecified atom stereocenters. The number of ether oxygens (including phenoxy) is 4. The van der Waals surface area contributed by atoms with E-state index < -0.39 is 28.9 Å². The van der Waals surface area contributed by atoms with E-state index in [2.05, 4.69) is 104 Å². The lowest BCUT2D eigenvalue weighted by Gasteiger charge is -2.38. The first kappa shape index (κ1) is 85.4. The molecule has 0 aliphatic carbocycles. The maximum atomic E-state index is 14.4. The Morgan fingerprint density at radius 1 is 0.248 bits per heavy atom. The van der Waals surface area contributed by atoms with Gasteiger partial charge in [-0.1, -0.05) is 228 Å². The van der Waals surface area contributed by atoms with Crippen LogP contribution < -0.4 is 33.6 Å². The maximum Gasteiger partial charge on any atom is 0.411 e. The molecule has 14 rings (SSSR count). The molecule has 113 heavy (non-hydrogen) atoms. The first-order valence-corrected chi connectivity index (χ1v) is 36.4. The number of alkyl halides is 6. The molecule has 13 nitrogen and oxygen atoms in total. The Hall–Kier alpha value is -13.2. The van der Waals surface area contributed by atoms with Crippen LogP contribution in [-0.2, 0) is 39.6 Å². The molecule has 0 radical (unpaired) electrons. The summed E-state index contributed by atoms with van der Waals surface area (Å²) < 4.78 is 110. The number of hydrogen-bond donors (Lipinski definition) is 0. The van der Waals surface area contributed by atoms with Gasteiger partial charge in [-0.15, -0.1) is 0 Å². The van der Waals surface area contributed by atoms with Crippen LogP contribution in [-0.4, -0.2) is 47.8 Å². The number of hydrogen-bond acceptors (Lipinski definition) is 10. The van der Waals surface area contributed by atoms with Crippen molar-refractivity contribution in [2.45, 2.75) is 105 Å². The van der Waals surface area contributed by atoms with E-state index >= 15 is 0 Å². The zero-order chi connectivity index (χ0) is 81.9. The quantitative estimate of drug-likeness (QED) is 0.0717. The van der Waals surface area contributed by atoms with E-state index in [1.54, 1.807) is 121 Å². The van der Waals surface area contributed by atoms with Crippen molar-refractivity contribution in [3.63, 3.8) is 0 Å². The van der Waals surface area contributed by atoms with Gasteiger partial charge in [0.25, 0.3) is 35.4 Å². The molecular formula is C94H87F6N3O10. The molecule has 3 aliphatic heterocycles. The molecular weight excluding hydrogens is 1450 g/mol. The minimum absolute atomic E-state index is 0.104. The highest BCUT2D eigenvalue weighted by molar-refractivity contribution is 6.29. The molecule has 0 bridgehead atoms. The zero-order valence-electron chi connectivity index (χ0n) is 64.2. The van der Waals surface area contributed by atoms with Crippen molar-refractivity contribution in [1.82, 2.24) is 0 Å². The Morgan fingerprint density at radius 3 is 0.575 bits per heavy atom. The SMILES string of the molecule is CCC.CCC.Cc1ccc(Oc2ccc(C(C)(C)c3ccc(Oc4ccc(C)cc4)cc3)cc2)cc1.Cc1ccc(Oc2ccc(C(c3ccc(Oc4ccc(C)cc4)cc3)(C(F)(F)F)C(F)(F)F)cc2)cc1.O=C1C=CC(=O)N1c1ccccc1.O=C1C=CC(=O)N1c1ccccc1.O=C1C=CC(=O)N1c1ccccc1. The van der Waals surface area contributed by atoms with Gasteiger partial charge >= 0.3 is 12.4 Å². The fourth-order valence-electron chi connectivity index (χ4n) is 11.2. The van der Waals surface area contributed by atoms with Gasteiger partial charge in [0.15, 0.2) is 0 Å². The number of rotatable bonds is 15. The summed E-state index contributed by atoms with van der Waals surface area (Å²) in [6, 6.07) is 80.7. The Labute approximate surface area is 655 Å². The van der Waals surface area contributed by atoms with Crippen LogP contribution in [0.1, 0.15) is 98.9 Å². The molecule has 3 heterocycles. The Balaban J connectivity index is 0.000000186. The predicted molar refractivity (Wildman–Crippen MR) is 432 cm³/mol. The largest absolute Gasteiger partial charge is 0.457 e. The van der Waals surface area contributed by atoms with E-state index in [-0.39, 0.29) is 52.4 Å². The summed E-state index contributed by atoms with van der Waals surface area (Å²) in [4.78, 5) is 70.6. The van der Waals surface area contributed by atoms with Crippen molar-refractivity contribution in [1.29, 1.82) is 0 Å². The predicted octanol–water partition coefficient (Wildman–Crippen LogP) is 23.7. The van der Waals surface area contributed by atoms with Crippen LogP contribution in [0, 0.1) is 27.7 Å². The average molecular weight is 1530 g/mol. The molecule has 11 aromatic carbocycles. The average Bonchev–Trinajstić information content (AvgIpc) is 1.61. The van der Waals surface area contributed by atoms with Gasteiger partial charge in [0, 0.05) is 41.9 Å². The monoisotopic (exact) mass is 1530 g/mol. The molecule has 0 N–H and O–H groups in total. The number of aryl methyl sites for hydroxylation is 4. The number of nitrogens with zero attached hydrogens (tertiary/aromatic N) is 3. The molecule has 0 aromatic heterocycles. The number of anilines is 3. The van der Waals surface area contributed by atoms with E-state index in [0.29, 0.717) is 28.6 Å². The third-order valence-electron chi connectivity index (χ3n) is 17.1. The first-order chi connectivity index (χ1) is 54.0. The fraction of sp³-hybridized carbons (Fsp3) is 0.170. The molecule has 0 atom stereocenters. The van der Waals surface area contributed by atoms with Crippen LogP contribution in [0.2, 0.25) is 0 Å². The lowest BCUT2D eigenvalue weighted by Crippen LogP contribution is -2.54. The summed E-state index contributed by atoms with van der Waals surface area (Å²) in [7, 11) is 0. The van der Waals surface area contributed by atoms with Gasteiger partial charge in [-0.05, 0) is 183 Å². The number of amides is 6. The molecule has 0 saturated heterocycles. The smallest absolute Gasteiger partial charge is 0.411 e. The highest BCUT2D eigenvalue weighted by Gasteiger charge is 2.72. The van der Waals surface area contributed by atoms with E-state index in [9.17, 15) is 55.1 Å². The van der Waals surface area contributed by atoms with Gasteiger partial charge in [0.2, 0.25) is 5.41 Å². The third-order valence-corrected chi connectivity index (χ3v) is 17.1. The van der Waals surface area contributed by atoms with Crippen LogP contribution in [0.4, 0.5) is 43.4 Å². The number of para-hydroxylation sites is 3. The lowest BCUT2D eigenvalue weighted by molar-refractivity contribution is -0.288. The van der Waals surface area contributed by atoms with Gasteiger partial charge in [0.1, 0.15) is 46.0 Å². The summed E-state index contributed by atoms with van der Waals surface area (Å²) >= 11 is 0. The molecule has 6 amide bonds. The lowest BCUT2D eigenvalue weighted by atomic mass is 9.73. The number of halogens is 6. The number of benzene rings is 11. The van der Waals surface area contributed by atoms with Crippen molar-refractivity contribution >= 4 is 52.5 Å². The maximum absolute atomic E-state index is 14.4. The van der Waals surface area contributed by atoms with Crippen molar-refractivity contribution in [3.05, 3.63) is 366 Å². The van der Waals surface area contributed by atoms with Crippen LogP contribution in [0.15, 0.2) is 322 Å². The second-order valence-corrected chi connectivity index (χ2v) is 26.6. The van der Waals surface area contributed by atoms with Gasteiger partial charge < -0.3 is 18.9 Å². The normalized spacial score (nSPS) is 12.8. The summed E-state index contributed by atoms with van der Waals surface area (Å²) in [6.45, 7) is 20.8. The second kappa shape index (κ2) is 40.0. The number of imide groups is 3. The van der Waals surface area contributed by atoms with E-state index in [4.69, 9.17) is 18.9 Å². The Morgan fingerprint density at radius 2 is 0.407 bits per heavy atom. The fourth-order valence-corrected chi connectivity index (χ4v) is 11.2. The summed E-state index contributed by atoms with van der Waals surface area (Å²) in [5.41, 5.74) is 2.34. The topological polar surface area (TPSA) is 149 Å². The van der Waals surface area contributed by atoms with Crippen molar-refractivity contribution in [3.8, 4) is 46.0 Å². The Kier molecular flexibility index (Phi) is 30.2. The van der Waals surface area contributed by atoms with Crippen LogP contribution in [0.5, 0.6) is 46.0 Å². The van der Waals surface area contributed by atoms with Gasteiger partial charge in [-0.25, -0.2) is 14.7 Å². The summed E-state index contributed by atoms with van der Waals surface area (Å²) in [5, 5.41) is 0. The molecule has 11 aromatic rings. The third kappa shape index (κ3) is 23.2. The summed E-state index contributed by atoms with van der Waals surface area (Å²) in [6.07, 6.45) is -1.24. The summed E-state index contributed by atoms with van der Waals surface area (Å²) in [5.74, 6) is 2.70. The van der Waals surface area contributed by atoms with E-state index in [1.807, 2.05) is 80.6 Å². The molecule has 0 saturated carbocycles. The number of carbonyl (C=O) groups is 6. The van der Waals surface area contributed by atoms with E-state index in [0.717, 1.165) is 97.4 Å². The van der Waals surface area contributed by atoms with Crippen LogP contribution in [0.3, 0.4) is 0 Å². The first-order valence-electron chi connectivity index (χ1n) is 36.4. The minimum Gasteiger partial charge on any atom is -0.457 e. The minimum atomic E-state index is -5.69. The standard InChI is InChI=1S/C29H22F6O2.C29H28O2.3C10H7NO2.2C3H8/c1-19-3-11-23(12-4-19)36-25-15-7-21(8-16-25)27(28(30,31)32,29(33,34)35)22-9-17-26(18-10-22)37-24-13-5-20(2)6-14-24;1-21-5-13-25(14-6-21)30-27-17-9-23(10-18-27)29(3,4)24-11-19-28(20-12-24)31-26-15-7-22(2)8-16-26;3*12-9-6-7-10(13)11(9)8-4-2-1-3-5-8;2*1-3-2/h3-18H,1-2H3;5-20H,1-4H3;3*1-7H;2*3H2,1-2H3. The highest BCUT2D eigenvalue weighted by atomic mass is 19.4. The molecule has 0 spiro atoms. The van der Waals surface area contributed by atoms with E-state index in [1.165, 1.54) is 71.6 Å². The molecule has 0 fully saturated rings. The van der Waals surface area contributed by atoms with Gasteiger partial charge in [0.05, 0.1) is 17.1 Å². The van der Waals surface area contributed by atoms with Crippen molar-refractivity contribution < 1.29 is 74.1 Å². The van der Waals surface area contributed by atoms with Crippen LogP contribution >= 0.6 is 0 Å². The van der Waals surface area contributed by atoms with Gasteiger partial charge in [-0.2, -0.15) is 26.3 Å². The van der Waals surface area contributed by atoms with Crippen LogP contribution in [0.25, 0.3) is 0 Å². The Bertz CT molecular complexity index is 4580. The molecule has 19 heteroatoms. The van der Waals surface area contributed by atoms with Crippen molar-refractivity contribution in [2.24, 2.45) is 0 Å². The molecule has 580 valence electrons.